The van der Waals surface area contributed by atoms with Crippen molar-refractivity contribution >= 4 is 5.82 Å². The number of rotatable bonds is 2. The van der Waals surface area contributed by atoms with Gasteiger partial charge in [-0.1, -0.05) is 0 Å². The number of aliphatic hydroxyl groups is 1. The SMILES string of the molecule is Cc1ccc(C#N)c(N2CC(C)OC(CO)C2)n1. The second kappa shape index (κ2) is 5.34. The molecule has 0 radical (unpaired) electrons. The van der Waals surface area contributed by atoms with Crippen molar-refractivity contribution in [2.45, 2.75) is 26.1 Å². The average molecular weight is 247 g/mol. The highest BCUT2D eigenvalue weighted by molar-refractivity contribution is 5.54. The molecule has 1 saturated heterocycles. The maximum Gasteiger partial charge on any atom is 0.146 e. The van der Waals surface area contributed by atoms with Crippen molar-refractivity contribution in [2.24, 2.45) is 0 Å². The lowest BCUT2D eigenvalue weighted by atomic mass is 10.2. The van der Waals surface area contributed by atoms with Crippen LogP contribution in [0.1, 0.15) is 18.2 Å². The third-order valence-corrected chi connectivity index (χ3v) is 2.96. The van der Waals surface area contributed by atoms with Gasteiger partial charge in [0, 0.05) is 18.8 Å². The van der Waals surface area contributed by atoms with Crippen molar-refractivity contribution in [1.29, 1.82) is 5.26 Å². The molecule has 0 aromatic carbocycles. The molecule has 1 aliphatic rings. The van der Waals surface area contributed by atoms with E-state index in [0.29, 0.717) is 24.5 Å². The molecule has 1 fully saturated rings. The molecular formula is C13H17N3O2. The van der Waals surface area contributed by atoms with E-state index in [0.717, 1.165) is 5.69 Å². The Morgan fingerprint density at radius 1 is 1.56 bits per heavy atom. The lowest BCUT2D eigenvalue weighted by molar-refractivity contribution is -0.0423. The van der Waals surface area contributed by atoms with Crippen LogP contribution in [-0.4, -0.2) is 42.0 Å². The van der Waals surface area contributed by atoms with Crippen LogP contribution in [0.2, 0.25) is 0 Å². The average Bonchev–Trinajstić information content (AvgIpc) is 2.38. The second-order valence-corrected chi connectivity index (χ2v) is 4.59. The highest BCUT2D eigenvalue weighted by atomic mass is 16.5. The van der Waals surface area contributed by atoms with Gasteiger partial charge in [0.2, 0.25) is 0 Å². The summed E-state index contributed by atoms with van der Waals surface area (Å²) < 4.78 is 5.59. The highest BCUT2D eigenvalue weighted by Crippen LogP contribution is 2.22. The zero-order chi connectivity index (χ0) is 13.1. The largest absolute Gasteiger partial charge is 0.394 e. The lowest BCUT2D eigenvalue weighted by Gasteiger charge is -2.37. The summed E-state index contributed by atoms with van der Waals surface area (Å²) in [6.45, 7) is 5.08. The van der Waals surface area contributed by atoms with Crippen LogP contribution >= 0.6 is 0 Å². The van der Waals surface area contributed by atoms with Gasteiger partial charge in [-0.2, -0.15) is 5.26 Å². The number of hydrogen-bond donors (Lipinski definition) is 1. The molecule has 0 bridgehead atoms. The van der Waals surface area contributed by atoms with Crippen molar-refractivity contribution in [1.82, 2.24) is 4.98 Å². The van der Waals surface area contributed by atoms with Crippen LogP contribution in [0.3, 0.4) is 0 Å². The molecule has 2 heterocycles. The van der Waals surface area contributed by atoms with Crippen LogP contribution in [0.4, 0.5) is 5.82 Å². The molecule has 1 aromatic heterocycles. The summed E-state index contributed by atoms with van der Waals surface area (Å²) in [5, 5.41) is 18.3. The van der Waals surface area contributed by atoms with Gasteiger partial charge in [0.1, 0.15) is 11.9 Å². The number of aromatic nitrogens is 1. The van der Waals surface area contributed by atoms with Crippen LogP contribution < -0.4 is 4.90 Å². The molecule has 2 atom stereocenters. The maximum atomic E-state index is 9.22. The Balaban J connectivity index is 2.30. The first-order chi connectivity index (χ1) is 8.63. The molecule has 2 rings (SSSR count). The van der Waals surface area contributed by atoms with Gasteiger partial charge >= 0.3 is 0 Å². The molecule has 96 valence electrons. The van der Waals surface area contributed by atoms with Crippen molar-refractivity contribution in [3.63, 3.8) is 0 Å². The van der Waals surface area contributed by atoms with E-state index < -0.39 is 0 Å². The van der Waals surface area contributed by atoms with Crippen LogP contribution in [0.15, 0.2) is 12.1 Å². The van der Waals surface area contributed by atoms with Crippen LogP contribution in [0.25, 0.3) is 0 Å². The first kappa shape index (κ1) is 12.8. The fourth-order valence-corrected chi connectivity index (χ4v) is 2.19. The molecule has 1 aromatic rings. The van der Waals surface area contributed by atoms with Crippen molar-refractivity contribution in [3.05, 3.63) is 23.4 Å². The van der Waals surface area contributed by atoms with Gasteiger partial charge in [-0.15, -0.1) is 0 Å². The van der Waals surface area contributed by atoms with Crippen molar-refractivity contribution in [2.75, 3.05) is 24.6 Å². The normalized spacial score (nSPS) is 23.8. The number of nitrogens with zero attached hydrogens (tertiary/aromatic N) is 3. The van der Waals surface area contributed by atoms with Crippen LogP contribution in [0, 0.1) is 18.3 Å². The summed E-state index contributed by atoms with van der Waals surface area (Å²) >= 11 is 0. The molecular weight excluding hydrogens is 230 g/mol. The van der Waals surface area contributed by atoms with E-state index in [4.69, 9.17) is 10.00 Å². The quantitative estimate of drug-likeness (QED) is 0.839. The van der Waals surface area contributed by atoms with E-state index in [2.05, 4.69) is 11.1 Å². The lowest BCUT2D eigenvalue weighted by Crippen LogP contribution is -2.48. The summed E-state index contributed by atoms with van der Waals surface area (Å²) in [7, 11) is 0. The smallest absolute Gasteiger partial charge is 0.146 e. The number of aryl methyl sites for hydroxylation is 1. The summed E-state index contributed by atoms with van der Waals surface area (Å²) in [5.41, 5.74) is 1.44. The zero-order valence-corrected chi connectivity index (χ0v) is 10.6. The van der Waals surface area contributed by atoms with Gasteiger partial charge in [-0.3, -0.25) is 0 Å². The molecule has 0 amide bonds. The topological polar surface area (TPSA) is 69.4 Å². The minimum absolute atomic E-state index is 0.0183. The predicted molar refractivity (Wildman–Crippen MR) is 67.3 cm³/mol. The Bertz CT molecular complexity index is 470. The van der Waals surface area contributed by atoms with E-state index in [1.807, 2.05) is 24.8 Å². The van der Waals surface area contributed by atoms with Gasteiger partial charge in [-0.05, 0) is 26.0 Å². The Morgan fingerprint density at radius 2 is 2.33 bits per heavy atom. The zero-order valence-electron chi connectivity index (χ0n) is 10.6. The molecule has 2 unspecified atom stereocenters. The van der Waals surface area contributed by atoms with Gasteiger partial charge in [0.15, 0.2) is 0 Å². The van der Waals surface area contributed by atoms with E-state index in [1.165, 1.54) is 0 Å². The summed E-state index contributed by atoms with van der Waals surface area (Å²) in [6.07, 6.45) is -0.202. The molecule has 1 N–H and O–H groups in total. The summed E-state index contributed by atoms with van der Waals surface area (Å²) in [5.74, 6) is 0.686. The number of hydrogen-bond acceptors (Lipinski definition) is 5. The monoisotopic (exact) mass is 247 g/mol. The number of pyridine rings is 1. The Kier molecular flexibility index (Phi) is 3.80. The van der Waals surface area contributed by atoms with Crippen molar-refractivity contribution in [3.8, 4) is 6.07 Å². The molecule has 5 heteroatoms. The standard InChI is InChI=1S/C13H17N3O2/c1-9-3-4-11(5-14)13(15-9)16-6-10(2)18-12(7-16)8-17/h3-4,10,12,17H,6-8H2,1-2H3. The van der Waals surface area contributed by atoms with Crippen LogP contribution in [0.5, 0.6) is 0 Å². The third-order valence-electron chi connectivity index (χ3n) is 2.96. The highest BCUT2D eigenvalue weighted by Gasteiger charge is 2.27. The number of nitriles is 1. The predicted octanol–water partition coefficient (Wildman–Crippen LogP) is 0.848. The third kappa shape index (κ3) is 2.61. The van der Waals surface area contributed by atoms with E-state index >= 15 is 0 Å². The fraction of sp³-hybridized carbons (Fsp3) is 0.538. The van der Waals surface area contributed by atoms with Gasteiger partial charge in [0.05, 0.1) is 24.4 Å². The summed E-state index contributed by atoms with van der Waals surface area (Å²) in [6, 6.07) is 5.77. The van der Waals surface area contributed by atoms with Crippen LogP contribution in [-0.2, 0) is 4.74 Å². The molecule has 0 aliphatic carbocycles. The Hall–Kier alpha value is -1.64. The van der Waals surface area contributed by atoms with Gasteiger partial charge < -0.3 is 14.7 Å². The minimum atomic E-state index is -0.220. The molecule has 5 nitrogen and oxygen atoms in total. The first-order valence-corrected chi connectivity index (χ1v) is 6.03. The molecule has 0 spiro atoms. The fourth-order valence-electron chi connectivity index (χ4n) is 2.19. The van der Waals surface area contributed by atoms with E-state index in [1.54, 1.807) is 6.07 Å². The molecule has 0 saturated carbocycles. The first-order valence-electron chi connectivity index (χ1n) is 6.03. The molecule has 1 aliphatic heterocycles. The van der Waals surface area contributed by atoms with E-state index in [9.17, 15) is 5.11 Å². The summed E-state index contributed by atoms with van der Waals surface area (Å²) in [4.78, 5) is 6.45. The van der Waals surface area contributed by atoms with E-state index in [-0.39, 0.29) is 18.8 Å². The van der Waals surface area contributed by atoms with Crippen molar-refractivity contribution < 1.29 is 9.84 Å². The second-order valence-electron chi connectivity index (χ2n) is 4.59. The number of anilines is 1. The minimum Gasteiger partial charge on any atom is -0.394 e. The number of ether oxygens (including phenoxy) is 1. The Morgan fingerprint density at radius 3 is 3.00 bits per heavy atom. The number of morpholine rings is 1. The maximum absolute atomic E-state index is 9.22. The Labute approximate surface area is 107 Å². The van der Waals surface area contributed by atoms with Gasteiger partial charge in [0.25, 0.3) is 0 Å². The van der Waals surface area contributed by atoms with Gasteiger partial charge in [-0.25, -0.2) is 4.98 Å². The number of aliphatic hydroxyl groups excluding tert-OH is 1. The molecule has 18 heavy (non-hydrogen) atoms.